The lowest BCUT2D eigenvalue weighted by Gasteiger charge is -2.24. The average Bonchev–Trinajstić information content (AvgIpc) is 3.51. The highest BCUT2D eigenvalue weighted by Gasteiger charge is 2.27. The van der Waals surface area contributed by atoms with Gasteiger partial charge in [0, 0.05) is 25.7 Å². The third kappa shape index (κ3) is 33.7. The molecule has 0 amide bonds. The summed E-state index contributed by atoms with van der Waals surface area (Å²) in [5, 5.41) is 9.93. The first-order valence-electron chi connectivity index (χ1n) is 24.8. The SMILES string of the molecule is CCCCCc1oc(CCCCCCCCCCCCC(=O)OC[C@H](COP(=O)(O)OCC[N+](C)(C)C)OC(=O)CCC/C=C\C/C=C\C/C=C\C=C\[C@@H](O)CCCCC)c(C)c1C. The number of phosphoric acid groups is 1. The molecular weight excluding hydrogens is 830 g/mol. The second-order valence-electron chi connectivity index (χ2n) is 18.3. The maximum atomic E-state index is 12.7. The molecule has 1 unspecified atom stereocenters. The number of hydrogen-bond donors (Lipinski definition) is 2. The zero-order valence-corrected chi connectivity index (χ0v) is 42.2. The lowest BCUT2D eigenvalue weighted by Crippen LogP contribution is -2.37. The Morgan fingerprint density at radius 1 is 0.672 bits per heavy atom. The number of phosphoric ester groups is 1. The van der Waals surface area contributed by atoms with E-state index in [1.54, 1.807) is 0 Å². The van der Waals surface area contributed by atoms with E-state index in [0.717, 1.165) is 70.6 Å². The van der Waals surface area contributed by atoms with Crippen molar-refractivity contribution in [2.24, 2.45) is 0 Å². The van der Waals surface area contributed by atoms with Crippen molar-refractivity contribution in [1.29, 1.82) is 0 Å². The fraction of sp³-hybridized carbons (Fsp3) is 0.731. The number of aliphatic hydroxyl groups is 1. The molecule has 368 valence electrons. The van der Waals surface area contributed by atoms with Gasteiger partial charge < -0.3 is 28.4 Å². The first-order valence-corrected chi connectivity index (χ1v) is 26.3. The normalized spacial score (nSPS) is 14.3. The largest absolute Gasteiger partial charge is 0.472 e. The zero-order valence-electron chi connectivity index (χ0n) is 41.3. The van der Waals surface area contributed by atoms with E-state index in [-0.39, 0.29) is 32.2 Å². The molecule has 3 atom stereocenters. The molecule has 0 aliphatic heterocycles. The number of likely N-dealkylation sites (N-methyl/N-ethyl adjacent to an activating group) is 1. The van der Waals surface area contributed by atoms with E-state index in [0.29, 0.717) is 30.3 Å². The summed E-state index contributed by atoms with van der Waals surface area (Å²) in [4.78, 5) is 35.6. The van der Waals surface area contributed by atoms with Gasteiger partial charge in [0.2, 0.25) is 0 Å². The molecule has 0 fully saturated rings. The lowest BCUT2D eigenvalue weighted by atomic mass is 10.0. The van der Waals surface area contributed by atoms with Crippen molar-refractivity contribution in [3.63, 3.8) is 0 Å². The maximum absolute atomic E-state index is 12.7. The van der Waals surface area contributed by atoms with Crippen molar-refractivity contribution in [1.82, 2.24) is 0 Å². The van der Waals surface area contributed by atoms with Gasteiger partial charge in [-0.1, -0.05) is 146 Å². The molecule has 12 heteroatoms. The first-order chi connectivity index (χ1) is 30.7. The number of aryl methyl sites for hydroxylation is 2. The van der Waals surface area contributed by atoms with Crippen molar-refractivity contribution in [2.75, 3.05) is 47.5 Å². The molecule has 0 bridgehead atoms. The van der Waals surface area contributed by atoms with Gasteiger partial charge in [0.05, 0.1) is 33.9 Å². The summed E-state index contributed by atoms with van der Waals surface area (Å²) in [6.45, 7) is 8.56. The monoisotopic (exact) mass is 921 g/mol. The Bertz CT molecular complexity index is 1520. The highest BCUT2D eigenvalue weighted by molar-refractivity contribution is 7.47. The molecule has 64 heavy (non-hydrogen) atoms. The number of unbranched alkanes of at least 4 members (excludes halogenated alkanes) is 14. The number of hydrogen-bond acceptors (Lipinski definition) is 9. The number of aliphatic hydroxyl groups excluding tert-OH is 1. The highest BCUT2D eigenvalue weighted by Crippen LogP contribution is 2.43. The molecule has 0 aliphatic rings. The van der Waals surface area contributed by atoms with Crippen LogP contribution in [-0.2, 0) is 45.5 Å². The average molecular weight is 921 g/mol. The molecule has 0 aromatic carbocycles. The van der Waals surface area contributed by atoms with Gasteiger partial charge in [-0.15, -0.1) is 0 Å². The smallest absolute Gasteiger partial charge is 0.466 e. The quantitative estimate of drug-likeness (QED) is 0.0163. The van der Waals surface area contributed by atoms with Gasteiger partial charge >= 0.3 is 19.8 Å². The number of carbonyl (C=O) groups excluding carboxylic acids is 2. The molecule has 1 rings (SSSR count). The van der Waals surface area contributed by atoms with Crippen molar-refractivity contribution < 1.29 is 51.6 Å². The Balaban J connectivity index is 2.35. The van der Waals surface area contributed by atoms with Crippen LogP contribution in [0.25, 0.3) is 0 Å². The van der Waals surface area contributed by atoms with Crippen LogP contribution in [0, 0.1) is 13.8 Å². The fourth-order valence-electron chi connectivity index (χ4n) is 6.94. The van der Waals surface area contributed by atoms with Gasteiger partial charge in [-0.25, -0.2) is 4.57 Å². The summed E-state index contributed by atoms with van der Waals surface area (Å²) in [7, 11) is 1.39. The van der Waals surface area contributed by atoms with Crippen LogP contribution in [0.2, 0.25) is 0 Å². The van der Waals surface area contributed by atoms with Gasteiger partial charge in [-0.2, -0.15) is 0 Å². The van der Waals surface area contributed by atoms with Crippen LogP contribution in [0.4, 0.5) is 0 Å². The highest BCUT2D eigenvalue weighted by atomic mass is 31.2. The number of ether oxygens (including phenoxy) is 2. The minimum absolute atomic E-state index is 0.00636. The summed E-state index contributed by atoms with van der Waals surface area (Å²) in [5.74, 6) is 1.46. The van der Waals surface area contributed by atoms with Gasteiger partial charge in [-0.05, 0) is 76.3 Å². The Hall–Kier alpha value is -2.79. The maximum Gasteiger partial charge on any atom is 0.472 e. The zero-order chi connectivity index (χ0) is 47.3. The Morgan fingerprint density at radius 2 is 1.22 bits per heavy atom. The molecule has 0 saturated carbocycles. The summed E-state index contributed by atoms with van der Waals surface area (Å²) < 4.78 is 40.6. The number of allylic oxidation sites excluding steroid dienone is 7. The third-order valence-corrected chi connectivity index (χ3v) is 12.2. The minimum atomic E-state index is -4.42. The number of quaternary nitrogens is 1. The van der Waals surface area contributed by atoms with Gasteiger partial charge in [0.1, 0.15) is 31.3 Å². The molecule has 0 radical (unpaired) electrons. The van der Waals surface area contributed by atoms with Gasteiger partial charge in [0.15, 0.2) is 6.10 Å². The molecule has 11 nitrogen and oxygen atoms in total. The molecule has 0 aliphatic carbocycles. The number of esters is 2. The molecule has 0 spiro atoms. The number of rotatable bonds is 41. The van der Waals surface area contributed by atoms with E-state index in [1.165, 1.54) is 80.4 Å². The van der Waals surface area contributed by atoms with E-state index in [2.05, 4.69) is 39.8 Å². The van der Waals surface area contributed by atoms with E-state index >= 15 is 0 Å². The van der Waals surface area contributed by atoms with Crippen LogP contribution in [-0.4, -0.2) is 86.1 Å². The minimum Gasteiger partial charge on any atom is -0.466 e. The van der Waals surface area contributed by atoms with Crippen LogP contribution < -0.4 is 0 Å². The molecule has 1 aromatic heterocycles. The van der Waals surface area contributed by atoms with Crippen molar-refractivity contribution in [2.45, 2.75) is 200 Å². The second kappa shape index (κ2) is 37.3. The number of furan rings is 1. The topological polar surface area (TPSA) is 142 Å². The van der Waals surface area contributed by atoms with Crippen molar-refractivity contribution >= 4 is 19.8 Å². The standard InChI is InChI=1S/C52H90NO10P/c1-8-10-29-35-47(54)36-31-25-21-17-13-12-14-20-24-28-34-40-52(56)62-48(44-61-64(57,58)60-42-41-53(5,6)7)43-59-51(55)39-33-27-23-19-16-15-18-22-26-32-38-50-46(4)45(3)49(63-50)37-30-11-9-2/h12-13,20-21,24-25,31,36,47-48,54H,8-11,14-19,22-23,26-30,32-35,37-44H2,1-7H3/p+1/b13-12-,24-20-,25-21-,36-31+/t47-,48+/m0/s1. The van der Waals surface area contributed by atoms with E-state index in [4.69, 9.17) is 22.9 Å². The Labute approximate surface area is 389 Å². The van der Waals surface area contributed by atoms with Crippen LogP contribution in [0.3, 0.4) is 0 Å². The molecule has 1 aromatic rings. The predicted molar refractivity (Wildman–Crippen MR) is 261 cm³/mol. The molecule has 0 saturated heterocycles. The van der Waals surface area contributed by atoms with E-state index in [1.807, 2.05) is 57.6 Å². The van der Waals surface area contributed by atoms with Crippen LogP contribution in [0.15, 0.2) is 53.0 Å². The van der Waals surface area contributed by atoms with Crippen LogP contribution in [0.5, 0.6) is 0 Å². The molecule has 2 N–H and O–H groups in total. The summed E-state index contributed by atoms with van der Waals surface area (Å²) in [6, 6.07) is 0. The Morgan fingerprint density at radius 3 is 1.84 bits per heavy atom. The summed E-state index contributed by atoms with van der Waals surface area (Å²) in [6.07, 6.45) is 38.8. The van der Waals surface area contributed by atoms with E-state index < -0.39 is 32.5 Å². The van der Waals surface area contributed by atoms with Crippen molar-refractivity contribution in [3.8, 4) is 0 Å². The molecular formula is C52H91NO10P+. The van der Waals surface area contributed by atoms with Gasteiger partial charge in [0.25, 0.3) is 0 Å². The predicted octanol–water partition coefficient (Wildman–Crippen LogP) is 12.9. The molecule has 1 heterocycles. The lowest BCUT2D eigenvalue weighted by molar-refractivity contribution is -0.870. The Kier molecular flexibility index (Phi) is 34.5. The van der Waals surface area contributed by atoms with E-state index in [9.17, 15) is 24.2 Å². The number of nitrogens with zero attached hydrogens (tertiary/aromatic N) is 1. The summed E-state index contributed by atoms with van der Waals surface area (Å²) in [5.41, 5.74) is 2.69. The fourth-order valence-corrected chi connectivity index (χ4v) is 7.68. The van der Waals surface area contributed by atoms with Crippen LogP contribution in [0.1, 0.15) is 184 Å². The number of carbonyl (C=O) groups is 2. The van der Waals surface area contributed by atoms with Gasteiger partial charge in [-0.3, -0.25) is 18.6 Å². The second-order valence-corrected chi connectivity index (χ2v) is 19.7. The van der Waals surface area contributed by atoms with Crippen molar-refractivity contribution in [3.05, 3.63) is 71.3 Å². The summed E-state index contributed by atoms with van der Waals surface area (Å²) >= 11 is 0. The van der Waals surface area contributed by atoms with Crippen LogP contribution >= 0.6 is 7.82 Å². The first kappa shape index (κ1) is 59.2. The third-order valence-electron chi connectivity index (χ3n) is 11.2.